The zero-order valence-electron chi connectivity index (χ0n) is 20.1. The highest BCUT2D eigenvalue weighted by atomic mass is 35.5. The number of carbonyl (C=O) groups excluding carboxylic acids is 1. The molecule has 0 bridgehead atoms. The number of hydrogen-bond donors (Lipinski definition) is 2. The minimum atomic E-state index is -0.642. The number of hydrogen-bond acceptors (Lipinski definition) is 7. The van der Waals surface area contributed by atoms with Gasteiger partial charge in [-0.15, -0.1) is 0 Å². The van der Waals surface area contributed by atoms with Gasteiger partial charge in [0.15, 0.2) is 0 Å². The van der Waals surface area contributed by atoms with Crippen molar-refractivity contribution in [3.8, 4) is 0 Å². The zero-order chi connectivity index (χ0) is 25.9. The van der Waals surface area contributed by atoms with Gasteiger partial charge in [-0.2, -0.15) is 0 Å². The van der Waals surface area contributed by atoms with Crippen LogP contribution in [0.25, 0.3) is 0 Å². The second kappa shape index (κ2) is 10.9. The molecule has 2 aromatic rings. The predicted octanol–water partition coefficient (Wildman–Crippen LogP) is 5.49. The monoisotopic (exact) mass is 524 g/mol. The van der Waals surface area contributed by atoms with Crippen molar-refractivity contribution in [2.75, 3.05) is 36.5 Å². The van der Waals surface area contributed by atoms with Crippen molar-refractivity contribution in [1.29, 1.82) is 0 Å². The molecule has 2 N–H and O–H groups in total. The summed E-state index contributed by atoms with van der Waals surface area (Å²) in [5, 5.41) is 25.8. The Balaban J connectivity index is 1.82. The highest BCUT2D eigenvalue weighted by Crippen LogP contribution is 2.35. The topological polar surface area (TPSA) is 108 Å². The molecule has 1 heterocycles. The van der Waals surface area contributed by atoms with Gasteiger partial charge in [0.2, 0.25) is 0 Å². The number of benzene rings is 2. The quantitative estimate of drug-likeness (QED) is 0.379. The first-order valence-corrected chi connectivity index (χ1v) is 12.0. The van der Waals surface area contributed by atoms with Crippen molar-refractivity contribution >= 4 is 46.4 Å². The number of nitrogens with one attached hydrogen (secondary N) is 1. The fraction of sp³-hybridized carbons (Fsp3) is 0.458. The van der Waals surface area contributed by atoms with Crippen molar-refractivity contribution in [3.63, 3.8) is 0 Å². The number of nitro benzene ring substituents is 1. The summed E-state index contributed by atoms with van der Waals surface area (Å²) in [7, 11) is 0. The van der Waals surface area contributed by atoms with Gasteiger partial charge < -0.3 is 20.1 Å². The molecule has 35 heavy (non-hydrogen) atoms. The lowest BCUT2D eigenvalue weighted by Gasteiger charge is -2.42. The molecule has 0 saturated carbocycles. The van der Waals surface area contributed by atoms with Gasteiger partial charge in [-0.1, -0.05) is 29.3 Å². The molecule has 0 aliphatic carbocycles. The van der Waals surface area contributed by atoms with Crippen molar-refractivity contribution in [2.45, 2.75) is 45.4 Å². The van der Waals surface area contributed by atoms with E-state index in [2.05, 4.69) is 5.32 Å². The molecule has 0 aromatic heterocycles. The summed E-state index contributed by atoms with van der Waals surface area (Å²) in [4.78, 5) is 27.3. The van der Waals surface area contributed by atoms with Crippen LogP contribution in [0.3, 0.4) is 0 Å². The number of aliphatic hydroxyl groups excluding tert-OH is 1. The first-order chi connectivity index (χ1) is 16.4. The van der Waals surface area contributed by atoms with Gasteiger partial charge in [0.25, 0.3) is 5.69 Å². The highest BCUT2D eigenvalue weighted by molar-refractivity contribution is 6.35. The molecule has 11 heteroatoms. The van der Waals surface area contributed by atoms with Crippen molar-refractivity contribution in [3.05, 3.63) is 62.1 Å². The summed E-state index contributed by atoms with van der Waals surface area (Å²) in [6.45, 7) is 8.16. The smallest absolute Gasteiger partial charge is 0.410 e. The molecule has 1 aliphatic heterocycles. The molecule has 2 atom stereocenters. The van der Waals surface area contributed by atoms with Crippen LogP contribution in [-0.2, 0) is 4.74 Å². The molecule has 1 aliphatic rings. The summed E-state index contributed by atoms with van der Waals surface area (Å²) in [5.41, 5.74) is 1.10. The van der Waals surface area contributed by atoms with Gasteiger partial charge in [-0.3, -0.25) is 15.0 Å². The Labute approximate surface area is 214 Å². The Morgan fingerprint density at radius 2 is 1.97 bits per heavy atom. The number of nitro groups is 1. The van der Waals surface area contributed by atoms with Crippen LogP contribution in [0.5, 0.6) is 0 Å². The number of nitrogens with zero attached hydrogens (tertiary/aromatic N) is 3. The van der Waals surface area contributed by atoms with E-state index in [4.69, 9.17) is 27.9 Å². The van der Waals surface area contributed by atoms with E-state index in [1.165, 1.54) is 11.0 Å². The number of ether oxygens (including phenoxy) is 1. The van der Waals surface area contributed by atoms with Crippen LogP contribution in [0.4, 0.5) is 21.9 Å². The Bertz CT molecular complexity index is 1090. The van der Waals surface area contributed by atoms with Crippen LogP contribution in [0.1, 0.15) is 39.3 Å². The Morgan fingerprint density at radius 3 is 2.57 bits per heavy atom. The molecular weight excluding hydrogens is 495 g/mol. The third kappa shape index (κ3) is 6.68. The van der Waals surface area contributed by atoms with E-state index in [9.17, 15) is 20.0 Å². The average molecular weight is 525 g/mol. The second-order valence-electron chi connectivity index (χ2n) is 9.45. The van der Waals surface area contributed by atoms with Crippen molar-refractivity contribution in [2.24, 2.45) is 0 Å². The maximum atomic E-state index is 12.6. The van der Waals surface area contributed by atoms with E-state index in [1.807, 2.05) is 11.8 Å². The van der Waals surface area contributed by atoms with E-state index >= 15 is 0 Å². The summed E-state index contributed by atoms with van der Waals surface area (Å²) in [6, 6.07) is 9.13. The Hall–Kier alpha value is -2.75. The number of halogens is 2. The lowest BCUT2D eigenvalue weighted by atomic mass is 10.1. The predicted molar refractivity (Wildman–Crippen MR) is 138 cm³/mol. The largest absolute Gasteiger partial charge is 0.444 e. The summed E-state index contributed by atoms with van der Waals surface area (Å²) >= 11 is 12.3. The lowest BCUT2D eigenvalue weighted by Crippen LogP contribution is -2.57. The van der Waals surface area contributed by atoms with E-state index in [1.54, 1.807) is 51.1 Å². The Kier molecular flexibility index (Phi) is 8.35. The fourth-order valence-corrected chi connectivity index (χ4v) is 4.54. The maximum Gasteiger partial charge on any atom is 0.410 e. The van der Waals surface area contributed by atoms with Gasteiger partial charge in [0.05, 0.1) is 23.6 Å². The Morgan fingerprint density at radius 1 is 1.26 bits per heavy atom. The van der Waals surface area contributed by atoms with Gasteiger partial charge >= 0.3 is 6.09 Å². The maximum absolute atomic E-state index is 12.6. The molecule has 1 unspecified atom stereocenters. The number of amides is 1. The third-order valence-electron chi connectivity index (χ3n) is 5.66. The molecule has 1 amide bonds. The SMILES string of the molecule is C[C@@H](Nc1cc(N2CCN(C(=O)OC(C)(C)C)C(CO)C2)ccc1[N+](=O)[O-])c1ccc(Cl)cc1Cl. The minimum Gasteiger partial charge on any atom is -0.444 e. The first kappa shape index (κ1) is 26.8. The van der Waals surface area contributed by atoms with Gasteiger partial charge in [-0.25, -0.2) is 4.79 Å². The van der Waals surface area contributed by atoms with Crippen molar-refractivity contribution < 1.29 is 19.6 Å². The van der Waals surface area contributed by atoms with Crippen LogP contribution >= 0.6 is 23.2 Å². The molecule has 1 saturated heterocycles. The number of rotatable bonds is 6. The van der Waals surface area contributed by atoms with E-state index < -0.39 is 22.7 Å². The second-order valence-corrected chi connectivity index (χ2v) is 10.3. The van der Waals surface area contributed by atoms with Gasteiger partial charge in [0.1, 0.15) is 11.3 Å². The lowest BCUT2D eigenvalue weighted by molar-refractivity contribution is -0.384. The molecule has 0 spiro atoms. The minimum absolute atomic E-state index is 0.0724. The van der Waals surface area contributed by atoms with Gasteiger partial charge in [-0.05, 0) is 57.5 Å². The van der Waals surface area contributed by atoms with Crippen LogP contribution in [0.15, 0.2) is 36.4 Å². The van der Waals surface area contributed by atoms with Crippen LogP contribution in [0, 0.1) is 10.1 Å². The highest BCUT2D eigenvalue weighted by Gasteiger charge is 2.33. The van der Waals surface area contributed by atoms with Crippen LogP contribution in [-0.4, -0.2) is 58.9 Å². The molecule has 0 radical (unpaired) electrons. The van der Waals surface area contributed by atoms with Crippen molar-refractivity contribution in [1.82, 2.24) is 4.90 Å². The van der Waals surface area contributed by atoms with Crippen LogP contribution in [0.2, 0.25) is 10.0 Å². The number of carbonyl (C=O) groups is 1. The summed E-state index contributed by atoms with van der Waals surface area (Å²) in [5.74, 6) is 0. The third-order valence-corrected chi connectivity index (χ3v) is 6.23. The molecule has 2 aromatic carbocycles. The number of anilines is 2. The molecular formula is C24H30Cl2N4O5. The standard InChI is InChI=1S/C24H30Cl2N4O5/c1-15(19-7-5-16(25)11-20(19)26)27-21-12-17(6-8-22(21)30(33)34)28-9-10-29(18(13-28)14-31)23(32)35-24(2,3)4/h5-8,11-12,15,18,27,31H,9-10,13-14H2,1-4H3/t15-,18?/m1/s1. The zero-order valence-corrected chi connectivity index (χ0v) is 21.6. The molecule has 190 valence electrons. The number of aliphatic hydroxyl groups is 1. The summed E-state index contributed by atoms with van der Waals surface area (Å²) in [6.07, 6.45) is -0.476. The average Bonchev–Trinajstić information content (AvgIpc) is 2.77. The van der Waals surface area contributed by atoms with Gasteiger partial charge in [0, 0.05) is 41.4 Å². The molecule has 9 nitrogen and oxygen atoms in total. The van der Waals surface area contributed by atoms with E-state index in [-0.39, 0.29) is 18.3 Å². The number of piperazine rings is 1. The summed E-state index contributed by atoms with van der Waals surface area (Å²) < 4.78 is 5.47. The van der Waals surface area contributed by atoms with E-state index in [0.717, 1.165) is 11.3 Å². The fourth-order valence-electron chi connectivity index (χ4n) is 3.97. The van der Waals surface area contributed by atoms with E-state index in [0.29, 0.717) is 35.4 Å². The molecule has 1 fully saturated rings. The van der Waals surface area contributed by atoms with Crippen LogP contribution < -0.4 is 10.2 Å². The molecule has 3 rings (SSSR count). The normalized spacial score (nSPS) is 17.2. The first-order valence-electron chi connectivity index (χ1n) is 11.2.